The van der Waals surface area contributed by atoms with Crippen molar-refractivity contribution in [1.29, 1.82) is 0 Å². The number of aromatic amines is 1. The number of H-pyrrole nitrogens is 1. The van der Waals surface area contributed by atoms with E-state index in [1.54, 1.807) is 6.20 Å². The van der Waals surface area contributed by atoms with E-state index in [0.29, 0.717) is 12.8 Å². The fourth-order valence-electron chi connectivity index (χ4n) is 2.20. The van der Waals surface area contributed by atoms with Crippen LogP contribution < -0.4 is 0 Å². The van der Waals surface area contributed by atoms with Crippen LogP contribution in [0.15, 0.2) is 29.8 Å². The van der Waals surface area contributed by atoms with Crippen molar-refractivity contribution in [3.05, 3.63) is 35.5 Å². The summed E-state index contributed by atoms with van der Waals surface area (Å²) < 4.78 is 48.0. The Labute approximate surface area is 145 Å². The van der Waals surface area contributed by atoms with Gasteiger partial charge in [-0.2, -0.15) is 12.0 Å². The Balaban J connectivity index is 2.80. The van der Waals surface area contributed by atoms with Gasteiger partial charge in [0, 0.05) is 17.8 Å². The smallest absolute Gasteiger partial charge is 0.304 e. The topological polar surface area (TPSA) is 120 Å². The van der Waals surface area contributed by atoms with Crippen LogP contribution >= 0.6 is 0 Å². The highest BCUT2D eigenvalue weighted by Gasteiger charge is 2.27. The molecule has 7 nitrogen and oxygen atoms in total. The van der Waals surface area contributed by atoms with Crippen LogP contribution in [-0.2, 0) is 25.1 Å². The van der Waals surface area contributed by atoms with Gasteiger partial charge in [0.05, 0.1) is 11.0 Å². The lowest BCUT2D eigenvalue weighted by Crippen LogP contribution is -2.28. The maximum atomic E-state index is 11.6. The average molecular weight is 378 g/mol. The summed E-state index contributed by atoms with van der Waals surface area (Å²) in [4.78, 5) is 2.76. The minimum atomic E-state index is -4.36. The van der Waals surface area contributed by atoms with E-state index in [2.05, 4.69) is 15.2 Å². The quantitative estimate of drug-likeness (QED) is 0.636. The fraction of sp³-hybridized carbons (Fsp3) is 0.600. The second-order valence-electron chi connectivity index (χ2n) is 6.74. The molecule has 0 fully saturated rings. The SMILES string of the molecule is C=C(CCC(CC(O)C(C)(C)C)c1ccc[nH]1)S(=O)(=O)OS(=O)[O-]. The van der Waals surface area contributed by atoms with Crippen molar-refractivity contribution in [3.63, 3.8) is 0 Å². The number of aromatic nitrogens is 1. The summed E-state index contributed by atoms with van der Waals surface area (Å²) in [5.41, 5.74) is 0.563. The zero-order chi connectivity index (χ0) is 18.5. The summed E-state index contributed by atoms with van der Waals surface area (Å²) in [6, 6.07) is 3.68. The maximum absolute atomic E-state index is 11.6. The molecule has 0 aliphatic rings. The van der Waals surface area contributed by atoms with Crippen molar-refractivity contribution in [2.45, 2.75) is 52.1 Å². The first-order chi connectivity index (χ1) is 10.9. The Morgan fingerprint density at radius 1 is 1.50 bits per heavy atom. The average Bonchev–Trinajstić information content (AvgIpc) is 2.94. The van der Waals surface area contributed by atoms with Crippen LogP contribution in [0.1, 0.15) is 51.6 Å². The van der Waals surface area contributed by atoms with Crippen LogP contribution in [0.3, 0.4) is 0 Å². The molecule has 0 radical (unpaired) electrons. The lowest BCUT2D eigenvalue weighted by atomic mass is 9.81. The van der Waals surface area contributed by atoms with Crippen LogP contribution in [0.25, 0.3) is 0 Å². The highest BCUT2D eigenvalue weighted by Crippen LogP contribution is 2.33. The zero-order valence-corrected chi connectivity index (χ0v) is 15.7. The summed E-state index contributed by atoms with van der Waals surface area (Å²) in [5, 5.41) is 10.3. The number of nitrogens with one attached hydrogen (secondary N) is 1. The summed E-state index contributed by atoms with van der Waals surface area (Å²) in [7, 11) is -4.36. The molecule has 3 unspecified atom stereocenters. The molecule has 3 atom stereocenters. The van der Waals surface area contributed by atoms with Gasteiger partial charge in [-0.3, -0.25) is 0 Å². The van der Waals surface area contributed by atoms with E-state index in [9.17, 15) is 22.3 Å². The van der Waals surface area contributed by atoms with Crippen molar-refractivity contribution in [2.75, 3.05) is 0 Å². The molecular weight excluding hydrogens is 354 g/mol. The molecule has 24 heavy (non-hydrogen) atoms. The number of rotatable bonds is 9. The molecule has 1 aromatic rings. The summed E-state index contributed by atoms with van der Waals surface area (Å²) in [6.45, 7) is 9.16. The van der Waals surface area contributed by atoms with E-state index in [-0.39, 0.29) is 22.7 Å². The van der Waals surface area contributed by atoms with Crippen LogP contribution in [0.2, 0.25) is 0 Å². The molecule has 1 heterocycles. The highest BCUT2D eigenvalue weighted by atomic mass is 32.3. The Morgan fingerprint density at radius 3 is 2.58 bits per heavy atom. The molecule has 1 aromatic heterocycles. The number of hydrogen-bond acceptors (Lipinski definition) is 6. The molecule has 0 saturated heterocycles. The first-order valence-electron chi connectivity index (χ1n) is 7.47. The van der Waals surface area contributed by atoms with Gasteiger partial charge in [-0.15, -0.1) is 0 Å². The fourth-order valence-corrected chi connectivity index (χ4v) is 3.54. The van der Waals surface area contributed by atoms with Gasteiger partial charge in [0.15, 0.2) is 0 Å². The summed E-state index contributed by atoms with van der Waals surface area (Å²) >= 11 is -3.17. The molecule has 2 N–H and O–H groups in total. The molecule has 138 valence electrons. The molecule has 0 amide bonds. The molecule has 0 aliphatic heterocycles. The standard InChI is InChI=1S/C15H25NO6S2/c1-11(24(20,21)22-23(18)19)7-8-12(13-6-5-9-16-13)10-14(17)15(2,3)4/h5-6,9,12,14,16-17H,1,7-8,10H2,2-4H3,(H,18,19)/p-1. The highest BCUT2D eigenvalue weighted by molar-refractivity contribution is 7.97. The van der Waals surface area contributed by atoms with Crippen molar-refractivity contribution in [1.82, 2.24) is 4.98 Å². The number of allylic oxidation sites excluding steroid dienone is 1. The second kappa shape index (κ2) is 8.39. The molecule has 0 spiro atoms. The normalized spacial score (nSPS) is 16.5. The van der Waals surface area contributed by atoms with Crippen LogP contribution in [0.5, 0.6) is 0 Å². The lowest BCUT2D eigenvalue weighted by Gasteiger charge is -2.29. The molecule has 0 aromatic carbocycles. The van der Waals surface area contributed by atoms with E-state index in [4.69, 9.17) is 0 Å². The third-order valence-electron chi connectivity index (χ3n) is 3.84. The van der Waals surface area contributed by atoms with Gasteiger partial charge in [0.1, 0.15) is 11.4 Å². The van der Waals surface area contributed by atoms with E-state index < -0.39 is 27.6 Å². The molecule has 0 bridgehead atoms. The monoisotopic (exact) mass is 378 g/mol. The lowest BCUT2D eigenvalue weighted by molar-refractivity contribution is 0.0482. The predicted octanol–water partition coefficient (Wildman–Crippen LogP) is 2.33. The third-order valence-corrected chi connectivity index (χ3v) is 5.91. The van der Waals surface area contributed by atoms with Crippen molar-refractivity contribution in [2.24, 2.45) is 5.41 Å². The predicted molar refractivity (Wildman–Crippen MR) is 90.9 cm³/mol. The largest absolute Gasteiger partial charge is 0.749 e. The van der Waals surface area contributed by atoms with E-state index >= 15 is 0 Å². The van der Waals surface area contributed by atoms with E-state index in [0.717, 1.165) is 5.69 Å². The zero-order valence-electron chi connectivity index (χ0n) is 14.0. The Kier molecular flexibility index (Phi) is 7.36. The van der Waals surface area contributed by atoms with Crippen molar-refractivity contribution in [3.8, 4) is 0 Å². The van der Waals surface area contributed by atoms with Crippen molar-refractivity contribution < 1.29 is 25.9 Å². The first-order valence-corrected chi connectivity index (χ1v) is 9.87. The van der Waals surface area contributed by atoms with Gasteiger partial charge in [0.25, 0.3) is 0 Å². The number of aliphatic hydroxyl groups is 1. The first kappa shape index (κ1) is 21.0. The van der Waals surface area contributed by atoms with E-state index in [1.165, 1.54) is 0 Å². The van der Waals surface area contributed by atoms with Gasteiger partial charge in [-0.05, 0) is 36.8 Å². The Hall–Kier alpha value is -1.00. The maximum Gasteiger partial charge on any atom is 0.304 e. The van der Waals surface area contributed by atoms with E-state index in [1.807, 2.05) is 32.9 Å². The molecular formula is C15H24NO6S2-. The van der Waals surface area contributed by atoms with Crippen LogP contribution in [0.4, 0.5) is 0 Å². The van der Waals surface area contributed by atoms with Gasteiger partial charge in [0.2, 0.25) is 0 Å². The minimum absolute atomic E-state index is 0.0279. The molecule has 1 rings (SSSR count). The number of hydrogen-bond donors (Lipinski definition) is 2. The van der Waals surface area contributed by atoms with Gasteiger partial charge in [-0.1, -0.05) is 27.4 Å². The molecule has 9 heteroatoms. The molecule has 0 saturated carbocycles. The Morgan fingerprint density at radius 2 is 2.12 bits per heavy atom. The van der Waals surface area contributed by atoms with Gasteiger partial charge < -0.3 is 14.6 Å². The van der Waals surface area contributed by atoms with Gasteiger partial charge >= 0.3 is 10.1 Å². The van der Waals surface area contributed by atoms with Gasteiger partial charge in [-0.25, -0.2) is 4.21 Å². The summed E-state index contributed by atoms with van der Waals surface area (Å²) in [6.07, 6.45) is 2.01. The third kappa shape index (κ3) is 6.48. The minimum Gasteiger partial charge on any atom is -0.749 e. The van der Waals surface area contributed by atoms with Crippen LogP contribution in [-0.4, -0.2) is 33.4 Å². The molecule has 0 aliphatic carbocycles. The summed E-state index contributed by atoms with van der Waals surface area (Å²) in [5.74, 6) is -0.126. The van der Waals surface area contributed by atoms with Crippen LogP contribution in [0, 0.1) is 5.41 Å². The Bertz CT molecular complexity index is 661. The second-order valence-corrected chi connectivity index (χ2v) is 9.18. The van der Waals surface area contributed by atoms with Crippen molar-refractivity contribution >= 4 is 21.5 Å². The number of aliphatic hydroxyl groups excluding tert-OH is 1.